The minimum atomic E-state index is -0.824. The Hall–Kier alpha value is -1.10. The van der Waals surface area contributed by atoms with Crippen LogP contribution in [0, 0.1) is 6.92 Å². The summed E-state index contributed by atoms with van der Waals surface area (Å²) >= 11 is 1.57. The molecule has 0 spiro atoms. The van der Waals surface area contributed by atoms with Gasteiger partial charge < -0.3 is 14.8 Å². The smallest absolute Gasteiger partial charge is 0.117 e. The summed E-state index contributed by atoms with van der Waals surface area (Å²) in [4.78, 5) is 0.973. The largest absolute Gasteiger partial charge is 0.465 e. The summed E-state index contributed by atoms with van der Waals surface area (Å²) in [5.41, 5.74) is -0.824. The normalized spacial score (nSPS) is 14.8. The van der Waals surface area contributed by atoms with E-state index >= 15 is 0 Å². The van der Waals surface area contributed by atoms with E-state index < -0.39 is 5.60 Å². The van der Waals surface area contributed by atoms with Crippen LogP contribution in [-0.2, 0) is 12.1 Å². The first-order valence-corrected chi connectivity index (χ1v) is 6.48. The van der Waals surface area contributed by atoms with Gasteiger partial charge in [-0.05, 0) is 37.4 Å². The van der Waals surface area contributed by atoms with Crippen molar-refractivity contribution in [1.82, 2.24) is 5.32 Å². The summed E-state index contributed by atoms with van der Waals surface area (Å²) in [6.45, 7) is 4.88. The average Bonchev–Trinajstić information content (AvgIpc) is 2.89. The van der Waals surface area contributed by atoms with Crippen LogP contribution in [0.1, 0.15) is 23.3 Å². The Balaban J connectivity index is 1.86. The van der Waals surface area contributed by atoms with Gasteiger partial charge in [0.25, 0.3) is 0 Å². The van der Waals surface area contributed by atoms with E-state index in [9.17, 15) is 5.11 Å². The Morgan fingerprint density at radius 1 is 1.41 bits per heavy atom. The topological polar surface area (TPSA) is 45.4 Å². The highest BCUT2D eigenvalue weighted by molar-refractivity contribution is 7.10. The number of aliphatic hydroxyl groups is 1. The molecule has 0 saturated heterocycles. The number of nitrogens with one attached hydrogen (secondary N) is 1. The van der Waals surface area contributed by atoms with Crippen molar-refractivity contribution in [2.45, 2.75) is 26.0 Å². The molecule has 2 heterocycles. The number of thiophene rings is 1. The fourth-order valence-electron chi connectivity index (χ4n) is 1.68. The van der Waals surface area contributed by atoms with Crippen LogP contribution >= 0.6 is 11.3 Å². The fraction of sp³-hybridized carbons (Fsp3) is 0.385. The van der Waals surface area contributed by atoms with E-state index in [2.05, 4.69) is 5.32 Å². The molecule has 2 aromatic rings. The molecule has 0 fully saturated rings. The second kappa shape index (κ2) is 5.04. The first-order chi connectivity index (χ1) is 8.08. The lowest BCUT2D eigenvalue weighted by atomic mass is 10.1. The zero-order valence-electron chi connectivity index (χ0n) is 10.1. The van der Waals surface area contributed by atoms with Crippen molar-refractivity contribution in [3.63, 3.8) is 0 Å². The van der Waals surface area contributed by atoms with Gasteiger partial charge in [0, 0.05) is 11.4 Å². The van der Waals surface area contributed by atoms with Gasteiger partial charge in [-0.15, -0.1) is 11.3 Å². The number of rotatable bonds is 5. The van der Waals surface area contributed by atoms with Crippen LogP contribution in [-0.4, -0.2) is 11.7 Å². The van der Waals surface area contributed by atoms with E-state index in [1.54, 1.807) is 11.3 Å². The second-order valence-electron chi connectivity index (χ2n) is 4.37. The van der Waals surface area contributed by atoms with E-state index in [0.717, 1.165) is 16.4 Å². The molecule has 0 aromatic carbocycles. The molecule has 92 valence electrons. The quantitative estimate of drug-likeness (QED) is 0.858. The van der Waals surface area contributed by atoms with Gasteiger partial charge in [-0.3, -0.25) is 0 Å². The third-order valence-corrected chi connectivity index (χ3v) is 3.74. The summed E-state index contributed by atoms with van der Waals surface area (Å²) < 4.78 is 5.45. The molecule has 4 heteroatoms. The molecule has 0 radical (unpaired) electrons. The Morgan fingerprint density at radius 3 is 2.82 bits per heavy atom. The van der Waals surface area contributed by atoms with Gasteiger partial charge in [-0.25, -0.2) is 0 Å². The summed E-state index contributed by atoms with van der Waals surface area (Å²) in [5, 5.41) is 15.5. The molecule has 0 aliphatic rings. The molecule has 2 aromatic heterocycles. The summed E-state index contributed by atoms with van der Waals surface area (Å²) in [7, 11) is 0. The molecule has 17 heavy (non-hydrogen) atoms. The summed E-state index contributed by atoms with van der Waals surface area (Å²) in [6, 6.07) is 7.78. The third kappa shape index (κ3) is 3.19. The number of hydrogen-bond donors (Lipinski definition) is 2. The fourth-order valence-corrected chi connectivity index (χ4v) is 2.47. The van der Waals surface area contributed by atoms with E-state index in [0.29, 0.717) is 13.1 Å². The maximum Gasteiger partial charge on any atom is 0.117 e. The van der Waals surface area contributed by atoms with Crippen LogP contribution < -0.4 is 5.32 Å². The Labute approximate surface area is 105 Å². The molecule has 1 atom stereocenters. The predicted octanol–water partition coefficient (Wildman–Crippen LogP) is 2.65. The van der Waals surface area contributed by atoms with Gasteiger partial charge in [-0.2, -0.15) is 0 Å². The monoisotopic (exact) mass is 251 g/mol. The van der Waals surface area contributed by atoms with Crippen LogP contribution in [0.2, 0.25) is 0 Å². The van der Waals surface area contributed by atoms with E-state index in [1.165, 1.54) is 0 Å². The van der Waals surface area contributed by atoms with Crippen LogP contribution in [0.15, 0.2) is 34.1 Å². The molecule has 0 aliphatic heterocycles. The molecule has 2 N–H and O–H groups in total. The average molecular weight is 251 g/mol. The van der Waals surface area contributed by atoms with Crippen molar-refractivity contribution in [2.75, 3.05) is 6.54 Å². The zero-order valence-corrected chi connectivity index (χ0v) is 10.9. The summed E-state index contributed by atoms with van der Waals surface area (Å²) in [6.07, 6.45) is 0. The van der Waals surface area contributed by atoms with Gasteiger partial charge in [0.2, 0.25) is 0 Å². The number of aryl methyl sites for hydroxylation is 1. The molecule has 3 nitrogen and oxygen atoms in total. The lowest BCUT2D eigenvalue weighted by Crippen LogP contribution is -2.34. The second-order valence-corrected chi connectivity index (χ2v) is 5.31. The molecule has 0 saturated carbocycles. The molecule has 0 amide bonds. The number of hydrogen-bond acceptors (Lipinski definition) is 4. The minimum Gasteiger partial charge on any atom is -0.465 e. The minimum absolute atomic E-state index is 0.507. The first kappa shape index (κ1) is 12.4. The van der Waals surface area contributed by atoms with Crippen molar-refractivity contribution in [3.8, 4) is 0 Å². The molecule has 2 rings (SSSR count). The van der Waals surface area contributed by atoms with E-state index in [4.69, 9.17) is 4.42 Å². The van der Waals surface area contributed by atoms with Crippen LogP contribution in [0.25, 0.3) is 0 Å². The lowest BCUT2D eigenvalue weighted by Gasteiger charge is -2.22. The highest BCUT2D eigenvalue weighted by Crippen LogP contribution is 2.24. The first-order valence-electron chi connectivity index (χ1n) is 5.60. The van der Waals surface area contributed by atoms with E-state index in [1.807, 2.05) is 43.5 Å². The van der Waals surface area contributed by atoms with Gasteiger partial charge in [0.05, 0.1) is 6.54 Å². The van der Waals surface area contributed by atoms with Gasteiger partial charge >= 0.3 is 0 Å². The zero-order chi connectivity index (χ0) is 12.3. The number of furan rings is 1. The van der Waals surface area contributed by atoms with Crippen molar-refractivity contribution in [1.29, 1.82) is 0 Å². The Kier molecular flexibility index (Phi) is 3.66. The van der Waals surface area contributed by atoms with Crippen LogP contribution in [0.5, 0.6) is 0 Å². The standard InChI is InChI=1S/C13H17NO2S/c1-10-5-6-11(16-10)8-14-9-13(2,15)12-4-3-7-17-12/h3-7,14-15H,8-9H2,1-2H3. The van der Waals surface area contributed by atoms with Crippen LogP contribution in [0.4, 0.5) is 0 Å². The SMILES string of the molecule is Cc1ccc(CNCC(C)(O)c2cccs2)o1. The maximum atomic E-state index is 10.3. The van der Waals surface area contributed by atoms with Gasteiger partial charge in [0.15, 0.2) is 0 Å². The van der Waals surface area contributed by atoms with E-state index in [-0.39, 0.29) is 0 Å². The Morgan fingerprint density at radius 2 is 2.24 bits per heavy atom. The highest BCUT2D eigenvalue weighted by atomic mass is 32.1. The van der Waals surface area contributed by atoms with Crippen molar-refractivity contribution in [3.05, 3.63) is 46.0 Å². The third-order valence-electron chi connectivity index (χ3n) is 2.62. The highest BCUT2D eigenvalue weighted by Gasteiger charge is 2.23. The van der Waals surface area contributed by atoms with Crippen molar-refractivity contribution >= 4 is 11.3 Å². The van der Waals surface area contributed by atoms with Crippen LogP contribution in [0.3, 0.4) is 0 Å². The predicted molar refractivity (Wildman–Crippen MR) is 69.0 cm³/mol. The Bertz CT molecular complexity index is 459. The molecule has 1 unspecified atom stereocenters. The van der Waals surface area contributed by atoms with Crippen molar-refractivity contribution in [2.24, 2.45) is 0 Å². The van der Waals surface area contributed by atoms with Crippen molar-refractivity contribution < 1.29 is 9.52 Å². The van der Waals surface area contributed by atoms with Gasteiger partial charge in [0.1, 0.15) is 17.1 Å². The maximum absolute atomic E-state index is 10.3. The molecular weight excluding hydrogens is 234 g/mol. The lowest BCUT2D eigenvalue weighted by molar-refractivity contribution is 0.0600. The molecular formula is C13H17NO2S. The molecule has 0 aliphatic carbocycles. The summed E-state index contributed by atoms with van der Waals surface area (Å²) in [5.74, 6) is 1.80. The molecule has 0 bridgehead atoms. The van der Waals surface area contributed by atoms with Gasteiger partial charge in [-0.1, -0.05) is 6.07 Å².